The molecule has 2 heterocycles. The van der Waals surface area contributed by atoms with Crippen molar-refractivity contribution in [1.29, 1.82) is 0 Å². The third-order valence-electron chi connectivity index (χ3n) is 2.83. The Kier molecular flexibility index (Phi) is 3.45. The lowest BCUT2D eigenvalue weighted by Crippen LogP contribution is -2.50. The fourth-order valence-electron chi connectivity index (χ4n) is 1.91. The number of nitrogens with zero attached hydrogens (tertiary/aromatic N) is 2. The van der Waals surface area contributed by atoms with E-state index in [0.29, 0.717) is 30.9 Å². The molecule has 1 aliphatic rings. The summed E-state index contributed by atoms with van der Waals surface area (Å²) >= 11 is 0. The van der Waals surface area contributed by atoms with Crippen molar-refractivity contribution in [3.05, 3.63) is 23.4 Å². The van der Waals surface area contributed by atoms with Gasteiger partial charge in [-0.25, -0.2) is 4.98 Å². The van der Waals surface area contributed by atoms with Gasteiger partial charge in [0.05, 0.1) is 6.54 Å². The van der Waals surface area contributed by atoms with Crippen molar-refractivity contribution in [2.24, 2.45) is 0 Å². The third-order valence-corrected chi connectivity index (χ3v) is 2.83. The quantitative estimate of drug-likeness (QED) is 0.758. The van der Waals surface area contributed by atoms with Gasteiger partial charge in [0.15, 0.2) is 0 Å². The zero-order valence-electron chi connectivity index (χ0n) is 10.3. The zero-order valence-corrected chi connectivity index (χ0v) is 10.3. The van der Waals surface area contributed by atoms with Gasteiger partial charge >= 0.3 is 0 Å². The standard InChI is InChI=1S/C12H16N4O2/c1-2-9-5-8(6-10(13)15-9)12(18)16-4-3-14-11(17)7-16/h5-6H,2-4,7H2,1H3,(H2,13,15)(H,14,17). The summed E-state index contributed by atoms with van der Waals surface area (Å²) in [5.41, 5.74) is 6.94. The maximum atomic E-state index is 12.2. The first-order valence-electron chi connectivity index (χ1n) is 5.92. The molecular weight excluding hydrogens is 232 g/mol. The molecule has 2 rings (SSSR count). The number of nitrogens with two attached hydrogens (primary N) is 1. The van der Waals surface area contributed by atoms with E-state index in [-0.39, 0.29) is 18.4 Å². The molecule has 0 bridgehead atoms. The van der Waals surface area contributed by atoms with Gasteiger partial charge in [-0.2, -0.15) is 0 Å². The summed E-state index contributed by atoms with van der Waals surface area (Å²) in [6, 6.07) is 3.28. The SMILES string of the molecule is CCc1cc(C(=O)N2CCNC(=O)C2)cc(N)n1. The molecule has 0 saturated carbocycles. The first kappa shape index (κ1) is 12.3. The van der Waals surface area contributed by atoms with Crippen LogP contribution in [0.25, 0.3) is 0 Å². The second-order valence-corrected chi connectivity index (χ2v) is 4.20. The highest BCUT2D eigenvalue weighted by Crippen LogP contribution is 2.12. The van der Waals surface area contributed by atoms with Gasteiger partial charge < -0.3 is 16.0 Å². The van der Waals surface area contributed by atoms with Crippen LogP contribution in [0.5, 0.6) is 0 Å². The minimum Gasteiger partial charge on any atom is -0.384 e. The molecule has 6 nitrogen and oxygen atoms in total. The normalized spacial score (nSPS) is 15.4. The molecular formula is C12H16N4O2. The summed E-state index contributed by atoms with van der Waals surface area (Å²) in [6.45, 7) is 3.06. The minimum absolute atomic E-state index is 0.0997. The van der Waals surface area contributed by atoms with E-state index in [1.807, 2.05) is 6.92 Å². The summed E-state index contributed by atoms with van der Waals surface area (Å²) < 4.78 is 0. The highest BCUT2D eigenvalue weighted by molar-refractivity contribution is 5.97. The molecule has 0 aliphatic carbocycles. The number of piperazine rings is 1. The number of carbonyl (C=O) groups is 2. The smallest absolute Gasteiger partial charge is 0.254 e. The van der Waals surface area contributed by atoms with Crippen molar-refractivity contribution in [2.45, 2.75) is 13.3 Å². The van der Waals surface area contributed by atoms with E-state index in [9.17, 15) is 9.59 Å². The van der Waals surface area contributed by atoms with Crippen molar-refractivity contribution >= 4 is 17.6 Å². The molecule has 3 N–H and O–H groups in total. The Morgan fingerprint density at radius 1 is 1.56 bits per heavy atom. The molecule has 0 atom stereocenters. The van der Waals surface area contributed by atoms with Crippen molar-refractivity contribution in [3.63, 3.8) is 0 Å². The molecule has 96 valence electrons. The number of amides is 2. The number of hydrogen-bond donors (Lipinski definition) is 2. The lowest BCUT2D eigenvalue weighted by Gasteiger charge is -2.26. The molecule has 0 unspecified atom stereocenters. The van der Waals surface area contributed by atoms with Gasteiger partial charge in [0.25, 0.3) is 5.91 Å². The third kappa shape index (κ3) is 2.58. The predicted molar refractivity (Wildman–Crippen MR) is 66.9 cm³/mol. The Bertz CT molecular complexity index is 487. The molecule has 1 aliphatic heterocycles. The molecule has 1 aromatic heterocycles. The van der Waals surface area contributed by atoms with E-state index in [1.165, 1.54) is 4.90 Å². The first-order valence-corrected chi connectivity index (χ1v) is 5.92. The van der Waals surface area contributed by atoms with Crippen molar-refractivity contribution in [3.8, 4) is 0 Å². The predicted octanol–water partition coefficient (Wildman–Crippen LogP) is -0.202. The van der Waals surface area contributed by atoms with Crippen LogP contribution < -0.4 is 11.1 Å². The number of rotatable bonds is 2. The van der Waals surface area contributed by atoms with E-state index in [0.717, 1.165) is 5.69 Å². The Morgan fingerprint density at radius 2 is 2.33 bits per heavy atom. The van der Waals surface area contributed by atoms with Crippen molar-refractivity contribution in [1.82, 2.24) is 15.2 Å². The maximum Gasteiger partial charge on any atom is 0.254 e. The minimum atomic E-state index is -0.173. The number of nitrogens with one attached hydrogen (secondary N) is 1. The molecule has 2 amide bonds. The molecule has 1 fully saturated rings. The van der Waals surface area contributed by atoms with Gasteiger partial charge in [-0.05, 0) is 18.6 Å². The Hall–Kier alpha value is -2.11. The van der Waals surface area contributed by atoms with Gasteiger partial charge in [-0.15, -0.1) is 0 Å². The van der Waals surface area contributed by atoms with Crippen LogP contribution in [-0.2, 0) is 11.2 Å². The number of hydrogen-bond acceptors (Lipinski definition) is 4. The topological polar surface area (TPSA) is 88.3 Å². The van der Waals surface area contributed by atoms with Gasteiger partial charge in [-0.3, -0.25) is 9.59 Å². The summed E-state index contributed by atoms with van der Waals surface area (Å²) in [7, 11) is 0. The van der Waals surface area contributed by atoms with E-state index >= 15 is 0 Å². The largest absolute Gasteiger partial charge is 0.384 e. The Balaban J connectivity index is 2.22. The van der Waals surface area contributed by atoms with Crippen LogP contribution in [0.3, 0.4) is 0 Å². The van der Waals surface area contributed by atoms with E-state index in [4.69, 9.17) is 5.73 Å². The zero-order chi connectivity index (χ0) is 13.1. The lowest BCUT2D eigenvalue weighted by molar-refractivity contribution is -0.123. The number of aryl methyl sites for hydroxylation is 1. The van der Waals surface area contributed by atoms with Gasteiger partial charge in [0, 0.05) is 24.3 Å². The van der Waals surface area contributed by atoms with Crippen LogP contribution in [0.4, 0.5) is 5.82 Å². The number of nitrogen functional groups attached to an aromatic ring is 1. The summed E-state index contributed by atoms with van der Waals surface area (Å²) in [5.74, 6) is 0.0279. The summed E-state index contributed by atoms with van der Waals surface area (Å²) in [6.07, 6.45) is 0.714. The van der Waals surface area contributed by atoms with E-state index < -0.39 is 0 Å². The molecule has 6 heteroatoms. The van der Waals surface area contributed by atoms with Crippen molar-refractivity contribution < 1.29 is 9.59 Å². The highest BCUT2D eigenvalue weighted by Gasteiger charge is 2.22. The van der Waals surface area contributed by atoms with Crippen LogP contribution in [0.2, 0.25) is 0 Å². The van der Waals surface area contributed by atoms with Gasteiger partial charge in [0.2, 0.25) is 5.91 Å². The number of carbonyl (C=O) groups excluding carboxylic acids is 2. The fraction of sp³-hybridized carbons (Fsp3) is 0.417. The van der Waals surface area contributed by atoms with Crippen LogP contribution in [-0.4, -0.2) is 41.3 Å². The highest BCUT2D eigenvalue weighted by atomic mass is 16.2. The Labute approximate surface area is 105 Å². The fourth-order valence-corrected chi connectivity index (χ4v) is 1.91. The monoisotopic (exact) mass is 248 g/mol. The van der Waals surface area contributed by atoms with Gasteiger partial charge in [-0.1, -0.05) is 6.92 Å². The number of anilines is 1. The first-order chi connectivity index (χ1) is 8.60. The van der Waals surface area contributed by atoms with Crippen LogP contribution >= 0.6 is 0 Å². The van der Waals surface area contributed by atoms with E-state index in [2.05, 4.69) is 10.3 Å². The number of pyridine rings is 1. The van der Waals surface area contributed by atoms with Crippen LogP contribution in [0.15, 0.2) is 12.1 Å². The molecule has 0 aromatic carbocycles. The lowest BCUT2D eigenvalue weighted by atomic mass is 10.1. The molecule has 0 radical (unpaired) electrons. The molecule has 1 saturated heterocycles. The maximum absolute atomic E-state index is 12.2. The Morgan fingerprint density at radius 3 is 3.00 bits per heavy atom. The van der Waals surface area contributed by atoms with Crippen LogP contribution in [0.1, 0.15) is 23.0 Å². The van der Waals surface area contributed by atoms with Crippen molar-refractivity contribution in [2.75, 3.05) is 25.4 Å². The number of aromatic nitrogens is 1. The molecule has 1 aromatic rings. The molecule has 18 heavy (non-hydrogen) atoms. The average Bonchev–Trinajstić information content (AvgIpc) is 2.37. The second-order valence-electron chi connectivity index (χ2n) is 4.20. The van der Waals surface area contributed by atoms with Gasteiger partial charge in [0.1, 0.15) is 5.82 Å². The molecule has 0 spiro atoms. The van der Waals surface area contributed by atoms with E-state index in [1.54, 1.807) is 12.1 Å². The summed E-state index contributed by atoms with van der Waals surface area (Å²) in [4.78, 5) is 29.1. The average molecular weight is 248 g/mol. The van der Waals surface area contributed by atoms with Crippen LogP contribution in [0, 0.1) is 0 Å². The summed E-state index contributed by atoms with van der Waals surface area (Å²) in [5, 5.41) is 2.68. The second kappa shape index (κ2) is 5.03.